The lowest BCUT2D eigenvalue weighted by molar-refractivity contribution is 0.372. The lowest BCUT2D eigenvalue weighted by atomic mass is 9.90. The van der Waals surface area contributed by atoms with Gasteiger partial charge in [0.25, 0.3) is 0 Å². The van der Waals surface area contributed by atoms with Crippen molar-refractivity contribution in [2.75, 3.05) is 0 Å². The predicted molar refractivity (Wildman–Crippen MR) is 140 cm³/mol. The Morgan fingerprint density at radius 3 is 1.07 bits per heavy atom. The van der Waals surface area contributed by atoms with Gasteiger partial charge in [0, 0.05) is 0 Å². The van der Waals surface area contributed by atoms with Crippen molar-refractivity contribution in [3.05, 3.63) is 12.7 Å². The highest BCUT2D eigenvalue weighted by molar-refractivity contribution is 4.68. The Labute approximate surface area is 193 Å². The first-order valence-electron chi connectivity index (χ1n) is 14.5. The van der Waals surface area contributed by atoms with Crippen LogP contribution in [0.25, 0.3) is 0 Å². The molecule has 0 aliphatic heterocycles. The monoisotopic (exact) mass is 420 g/mol. The number of rotatable bonds is 26. The van der Waals surface area contributed by atoms with Crippen molar-refractivity contribution in [1.82, 2.24) is 0 Å². The van der Waals surface area contributed by atoms with Crippen LogP contribution in [0, 0.1) is 5.92 Å². The molecule has 1 atom stereocenters. The number of hydrogen-bond acceptors (Lipinski definition) is 0. The molecule has 0 rings (SSSR count). The van der Waals surface area contributed by atoms with Crippen LogP contribution < -0.4 is 0 Å². The van der Waals surface area contributed by atoms with Crippen LogP contribution >= 0.6 is 0 Å². The van der Waals surface area contributed by atoms with E-state index < -0.39 is 0 Å². The van der Waals surface area contributed by atoms with Gasteiger partial charge < -0.3 is 0 Å². The molecule has 0 heterocycles. The SMILES string of the molecule is C=CCCCC(CCCCCCCCCC)CCCCCCCCCCCCCC. The van der Waals surface area contributed by atoms with E-state index in [-0.39, 0.29) is 0 Å². The second-order valence-electron chi connectivity index (χ2n) is 10.0. The summed E-state index contributed by atoms with van der Waals surface area (Å²) < 4.78 is 0. The highest BCUT2D eigenvalue weighted by Crippen LogP contribution is 2.24. The van der Waals surface area contributed by atoms with Crippen LogP contribution in [0.1, 0.15) is 174 Å². The molecule has 0 N–H and O–H groups in total. The van der Waals surface area contributed by atoms with Crippen molar-refractivity contribution in [1.29, 1.82) is 0 Å². The van der Waals surface area contributed by atoms with Crippen LogP contribution in [0.3, 0.4) is 0 Å². The smallest absolute Gasteiger partial charge is 0.0353 e. The van der Waals surface area contributed by atoms with Gasteiger partial charge in [-0.2, -0.15) is 0 Å². The van der Waals surface area contributed by atoms with E-state index in [0.717, 1.165) is 5.92 Å². The fourth-order valence-corrected chi connectivity index (χ4v) is 4.82. The summed E-state index contributed by atoms with van der Waals surface area (Å²) >= 11 is 0. The molecule has 1 unspecified atom stereocenters. The van der Waals surface area contributed by atoms with Crippen molar-refractivity contribution >= 4 is 0 Å². The first-order valence-corrected chi connectivity index (χ1v) is 14.5. The maximum Gasteiger partial charge on any atom is -0.0353 e. The van der Waals surface area contributed by atoms with Gasteiger partial charge in [0.15, 0.2) is 0 Å². The Hall–Kier alpha value is -0.260. The normalized spacial score (nSPS) is 12.3. The summed E-state index contributed by atoms with van der Waals surface area (Å²) in [7, 11) is 0. The largest absolute Gasteiger partial charge is 0.103 e. The van der Waals surface area contributed by atoms with Crippen molar-refractivity contribution in [2.45, 2.75) is 174 Å². The van der Waals surface area contributed by atoms with E-state index in [9.17, 15) is 0 Å². The summed E-state index contributed by atoms with van der Waals surface area (Å²) in [5, 5.41) is 0. The first kappa shape index (κ1) is 29.7. The van der Waals surface area contributed by atoms with E-state index in [1.54, 1.807) is 0 Å². The fraction of sp³-hybridized carbons (Fsp3) is 0.933. The molecule has 0 radical (unpaired) electrons. The Balaban J connectivity index is 3.59. The highest BCUT2D eigenvalue weighted by Gasteiger charge is 2.08. The summed E-state index contributed by atoms with van der Waals surface area (Å²) in [4.78, 5) is 0. The van der Waals surface area contributed by atoms with E-state index in [0.29, 0.717) is 0 Å². The molecule has 0 aromatic heterocycles. The van der Waals surface area contributed by atoms with Crippen LogP contribution in [-0.4, -0.2) is 0 Å². The van der Waals surface area contributed by atoms with E-state index in [1.807, 2.05) is 0 Å². The summed E-state index contributed by atoms with van der Waals surface area (Å²) in [6, 6.07) is 0. The molecule has 0 aromatic carbocycles. The minimum atomic E-state index is 0.994. The molecule has 0 aliphatic carbocycles. The minimum Gasteiger partial charge on any atom is -0.103 e. The van der Waals surface area contributed by atoms with Gasteiger partial charge in [-0.1, -0.05) is 168 Å². The van der Waals surface area contributed by atoms with Crippen molar-refractivity contribution in [3.8, 4) is 0 Å². The Morgan fingerprint density at radius 1 is 0.433 bits per heavy atom. The van der Waals surface area contributed by atoms with Crippen molar-refractivity contribution in [2.24, 2.45) is 5.92 Å². The zero-order valence-electron chi connectivity index (χ0n) is 21.5. The first-order chi connectivity index (χ1) is 14.8. The van der Waals surface area contributed by atoms with E-state index in [4.69, 9.17) is 0 Å². The fourth-order valence-electron chi connectivity index (χ4n) is 4.82. The summed E-state index contributed by atoms with van der Waals surface area (Å²) in [5.41, 5.74) is 0. The van der Waals surface area contributed by atoms with Crippen LogP contribution in [0.2, 0.25) is 0 Å². The zero-order valence-corrected chi connectivity index (χ0v) is 21.5. The molecule has 0 saturated carbocycles. The van der Waals surface area contributed by atoms with E-state index in [2.05, 4.69) is 26.5 Å². The summed E-state index contributed by atoms with van der Waals surface area (Å²) in [6.45, 7) is 8.52. The maximum atomic E-state index is 3.91. The van der Waals surface area contributed by atoms with Gasteiger partial charge in [0.1, 0.15) is 0 Å². The molecule has 0 fully saturated rings. The third kappa shape index (κ3) is 24.0. The Morgan fingerprint density at radius 2 is 0.733 bits per heavy atom. The average Bonchev–Trinajstić information content (AvgIpc) is 2.76. The second kappa shape index (κ2) is 26.8. The Bertz CT molecular complexity index is 305. The number of hydrogen-bond donors (Lipinski definition) is 0. The molecule has 0 aromatic rings. The van der Waals surface area contributed by atoms with Crippen LogP contribution in [0.15, 0.2) is 12.7 Å². The quantitative estimate of drug-likeness (QED) is 0.0963. The maximum absolute atomic E-state index is 3.91. The topological polar surface area (TPSA) is 0 Å². The zero-order chi connectivity index (χ0) is 22.0. The van der Waals surface area contributed by atoms with Crippen molar-refractivity contribution < 1.29 is 0 Å². The third-order valence-corrected chi connectivity index (χ3v) is 6.95. The molecular weight excluding hydrogens is 360 g/mol. The van der Waals surface area contributed by atoms with Crippen LogP contribution in [-0.2, 0) is 0 Å². The van der Waals surface area contributed by atoms with Gasteiger partial charge in [-0.15, -0.1) is 6.58 Å². The van der Waals surface area contributed by atoms with Crippen LogP contribution in [0.4, 0.5) is 0 Å². The predicted octanol–water partition coefficient (Wildman–Crippen LogP) is 11.6. The van der Waals surface area contributed by atoms with Gasteiger partial charge in [-0.3, -0.25) is 0 Å². The standard InChI is InChI=1S/C30H60/c1-4-7-10-12-14-16-17-18-19-21-23-26-29-30(27-24-9-6-3)28-25-22-20-15-13-11-8-5-2/h6,30H,3-5,7-29H2,1-2H3. The molecule has 30 heavy (non-hydrogen) atoms. The van der Waals surface area contributed by atoms with Gasteiger partial charge in [-0.05, 0) is 18.8 Å². The lowest BCUT2D eigenvalue weighted by Crippen LogP contribution is -2.01. The molecule has 0 bridgehead atoms. The molecular formula is C30H60. The van der Waals surface area contributed by atoms with Crippen LogP contribution in [0.5, 0.6) is 0 Å². The highest BCUT2D eigenvalue weighted by atomic mass is 14.1. The number of allylic oxidation sites excluding steroid dienone is 1. The second-order valence-corrected chi connectivity index (χ2v) is 10.0. The average molecular weight is 421 g/mol. The van der Waals surface area contributed by atoms with Gasteiger partial charge in [0.2, 0.25) is 0 Å². The minimum absolute atomic E-state index is 0.994. The summed E-state index contributed by atoms with van der Waals surface area (Å²) in [5.74, 6) is 0.994. The van der Waals surface area contributed by atoms with Crippen molar-refractivity contribution in [3.63, 3.8) is 0 Å². The molecule has 0 saturated heterocycles. The molecule has 180 valence electrons. The van der Waals surface area contributed by atoms with E-state index in [1.165, 1.54) is 161 Å². The third-order valence-electron chi connectivity index (χ3n) is 6.95. The van der Waals surface area contributed by atoms with E-state index >= 15 is 0 Å². The lowest BCUT2D eigenvalue weighted by Gasteiger charge is -2.16. The number of unbranched alkanes of at least 4 members (excludes halogenated alkanes) is 19. The summed E-state index contributed by atoms with van der Waals surface area (Å²) in [6.07, 6.45) is 38.3. The van der Waals surface area contributed by atoms with Gasteiger partial charge in [-0.25, -0.2) is 0 Å². The Kier molecular flexibility index (Phi) is 26.5. The molecule has 0 amide bonds. The molecule has 0 nitrogen and oxygen atoms in total. The van der Waals surface area contributed by atoms with Gasteiger partial charge in [0.05, 0.1) is 0 Å². The van der Waals surface area contributed by atoms with Gasteiger partial charge >= 0.3 is 0 Å². The molecule has 0 aliphatic rings. The molecule has 0 spiro atoms. The molecule has 0 heteroatoms.